The zero-order valence-corrected chi connectivity index (χ0v) is 19.8. The zero-order valence-electron chi connectivity index (χ0n) is 19.8. The molecule has 0 saturated carbocycles. The molecule has 2 bridgehead atoms. The summed E-state index contributed by atoms with van der Waals surface area (Å²) in [5, 5.41) is 10.2. The van der Waals surface area contributed by atoms with Crippen LogP contribution in [0, 0.1) is 0 Å². The first-order valence-electron chi connectivity index (χ1n) is 11.3. The number of carbonyl (C=O) groups excluding carboxylic acids is 2. The van der Waals surface area contributed by atoms with E-state index >= 15 is 0 Å². The zero-order chi connectivity index (χ0) is 23.0. The Kier molecular flexibility index (Phi) is 7.08. The molecule has 0 spiro atoms. The molecule has 3 fully saturated rings. The van der Waals surface area contributed by atoms with Gasteiger partial charge in [-0.15, -0.1) is 0 Å². The number of aliphatic hydroxyl groups excluding tert-OH is 1. The minimum absolute atomic E-state index is 0.111. The number of hydrogen-bond acceptors (Lipinski definition) is 7. The van der Waals surface area contributed by atoms with E-state index in [9.17, 15) is 14.7 Å². The van der Waals surface area contributed by atoms with Crippen molar-refractivity contribution in [2.45, 2.75) is 89.8 Å². The van der Waals surface area contributed by atoms with E-state index in [2.05, 4.69) is 4.90 Å². The predicted molar refractivity (Wildman–Crippen MR) is 115 cm³/mol. The lowest BCUT2D eigenvalue weighted by molar-refractivity contribution is -0.114. The summed E-state index contributed by atoms with van der Waals surface area (Å²) in [5.41, 5.74) is -1.17. The molecule has 0 aromatic rings. The third-order valence-electron chi connectivity index (χ3n) is 5.83. The first-order valence-corrected chi connectivity index (χ1v) is 11.3. The van der Waals surface area contributed by atoms with E-state index in [-0.39, 0.29) is 36.4 Å². The second-order valence-corrected chi connectivity index (χ2v) is 10.9. The summed E-state index contributed by atoms with van der Waals surface area (Å²) < 4.78 is 16.9. The molecule has 3 heterocycles. The van der Waals surface area contributed by atoms with Crippen LogP contribution >= 0.6 is 0 Å². The highest BCUT2D eigenvalue weighted by atomic mass is 16.6. The van der Waals surface area contributed by atoms with Crippen LogP contribution in [0.25, 0.3) is 0 Å². The van der Waals surface area contributed by atoms with E-state index in [0.29, 0.717) is 52.2 Å². The molecule has 3 aliphatic heterocycles. The van der Waals surface area contributed by atoms with Gasteiger partial charge in [-0.2, -0.15) is 0 Å². The van der Waals surface area contributed by atoms with Crippen molar-refractivity contribution in [3.8, 4) is 0 Å². The Labute approximate surface area is 185 Å². The van der Waals surface area contributed by atoms with E-state index < -0.39 is 11.2 Å². The third-order valence-corrected chi connectivity index (χ3v) is 5.83. The molecule has 0 aromatic heterocycles. The number of piperidine rings is 1. The minimum Gasteiger partial charge on any atom is -0.444 e. The summed E-state index contributed by atoms with van der Waals surface area (Å²) >= 11 is 0. The lowest BCUT2D eigenvalue weighted by Gasteiger charge is -2.50. The van der Waals surface area contributed by atoms with Crippen LogP contribution in [0.2, 0.25) is 0 Å². The molecule has 3 aliphatic rings. The highest BCUT2D eigenvalue weighted by molar-refractivity contribution is 5.71. The van der Waals surface area contributed by atoms with E-state index in [4.69, 9.17) is 14.2 Å². The van der Waals surface area contributed by atoms with Gasteiger partial charge in [0.15, 0.2) is 0 Å². The molecule has 9 heteroatoms. The minimum atomic E-state index is -0.594. The molecular formula is C22H39N3O6. The fourth-order valence-corrected chi connectivity index (χ4v) is 4.57. The third kappa shape index (κ3) is 6.46. The van der Waals surface area contributed by atoms with Crippen molar-refractivity contribution in [3.63, 3.8) is 0 Å². The van der Waals surface area contributed by atoms with Crippen molar-refractivity contribution < 1.29 is 28.9 Å². The lowest BCUT2D eigenvalue weighted by Crippen LogP contribution is -2.65. The largest absolute Gasteiger partial charge is 0.444 e. The number of morpholine rings is 1. The maximum atomic E-state index is 13.0. The van der Waals surface area contributed by atoms with Crippen LogP contribution in [0.15, 0.2) is 0 Å². The summed E-state index contributed by atoms with van der Waals surface area (Å²) in [5.74, 6) is 0. The molecule has 31 heavy (non-hydrogen) atoms. The first kappa shape index (κ1) is 24.1. The Hall–Kier alpha value is -1.58. The van der Waals surface area contributed by atoms with Crippen molar-refractivity contribution in [2.75, 3.05) is 39.4 Å². The normalized spacial score (nSPS) is 30.2. The molecule has 0 aliphatic carbocycles. The number of aliphatic hydroxyl groups is 1. The number of amides is 2. The molecule has 178 valence electrons. The fraction of sp³-hybridized carbons (Fsp3) is 0.909. The van der Waals surface area contributed by atoms with Crippen molar-refractivity contribution in [1.82, 2.24) is 14.7 Å². The van der Waals surface area contributed by atoms with E-state index in [1.54, 1.807) is 9.80 Å². The predicted octanol–water partition coefficient (Wildman–Crippen LogP) is 2.07. The van der Waals surface area contributed by atoms with E-state index in [1.807, 2.05) is 41.5 Å². The van der Waals surface area contributed by atoms with Gasteiger partial charge in [0.1, 0.15) is 11.2 Å². The van der Waals surface area contributed by atoms with Crippen LogP contribution in [0.3, 0.4) is 0 Å². The fourth-order valence-electron chi connectivity index (χ4n) is 4.57. The number of hydrogen-bond donors (Lipinski definition) is 1. The molecule has 3 rings (SSSR count). The van der Waals surface area contributed by atoms with Crippen LogP contribution in [0.5, 0.6) is 0 Å². The van der Waals surface area contributed by atoms with E-state index in [0.717, 1.165) is 0 Å². The molecule has 3 saturated heterocycles. The van der Waals surface area contributed by atoms with Gasteiger partial charge in [0.05, 0.1) is 25.4 Å². The quantitative estimate of drug-likeness (QED) is 0.701. The van der Waals surface area contributed by atoms with Crippen molar-refractivity contribution in [1.29, 1.82) is 0 Å². The standard InChI is InChI=1S/C22H39N3O6/c1-21(2,3)30-19(27)23-7-8-24(20(28)31-22(4,5)6)17(11-23)12-25-15-9-18(26)10-16(25)14-29-13-15/h15-18,26H,7-14H2,1-6H3/t15-,16?,17+,18?/m0/s1. The van der Waals surface area contributed by atoms with Crippen molar-refractivity contribution in [2.24, 2.45) is 0 Å². The van der Waals surface area contributed by atoms with Gasteiger partial charge in [0.2, 0.25) is 0 Å². The van der Waals surface area contributed by atoms with Gasteiger partial charge >= 0.3 is 12.2 Å². The van der Waals surface area contributed by atoms with Crippen LogP contribution in [-0.2, 0) is 14.2 Å². The van der Waals surface area contributed by atoms with Crippen LogP contribution in [-0.4, -0.2) is 107 Å². The molecule has 0 aromatic carbocycles. The summed E-state index contributed by atoms with van der Waals surface area (Å²) in [6, 6.07) is -0.00533. The van der Waals surface area contributed by atoms with E-state index in [1.165, 1.54) is 0 Å². The number of fused-ring (bicyclic) bond motifs is 2. The Morgan fingerprint density at radius 3 is 2.03 bits per heavy atom. The van der Waals surface area contributed by atoms with Gasteiger partial charge in [-0.05, 0) is 54.4 Å². The van der Waals surface area contributed by atoms with Gasteiger partial charge in [-0.25, -0.2) is 9.59 Å². The second-order valence-electron chi connectivity index (χ2n) is 10.9. The van der Waals surface area contributed by atoms with Gasteiger partial charge in [-0.3, -0.25) is 4.90 Å². The number of piperazine rings is 1. The SMILES string of the molecule is CC(C)(C)OC(=O)N1CCN(C(=O)OC(C)(C)C)[C@@H](CN2C3COC[C@@H]2CC(O)C3)C1. The van der Waals surface area contributed by atoms with Crippen molar-refractivity contribution in [3.05, 3.63) is 0 Å². The summed E-state index contributed by atoms with van der Waals surface area (Å²) in [4.78, 5) is 31.4. The average molecular weight is 442 g/mol. The monoisotopic (exact) mass is 441 g/mol. The van der Waals surface area contributed by atoms with Crippen molar-refractivity contribution >= 4 is 12.2 Å². The molecular weight excluding hydrogens is 402 g/mol. The Morgan fingerprint density at radius 1 is 0.935 bits per heavy atom. The summed E-state index contributed by atoms with van der Waals surface area (Å²) in [6.45, 7) is 14.0. The maximum absolute atomic E-state index is 13.0. The van der Waals surface area contributed by atoms with Gasteiger partial charge in [0.25, 0.3) is 0 Å². The molecule has 4 atom stereocenters. The summed E-state index contributed by atoms with van der Waals surface area (Å²) in [6.07, 6.45) is 0.275. The smallest absolute Gasteiger partial charge is 0.410 e. The average Bonchev–Trinajstić information content (AvgIpc) is 2.59. The number of nitrogens with zero attached hydrogens (tertiary/aromatic N) is 3. The molecule has 2 unspecified atom stereocenters. The van der Waals surface area contributed by atoms with Crippen LogP contribution < -0.4 is 0 Å². The maximum Gasteiger partial charge on any atom is 0.410 e. The molecule has 0 radical (unpaired) electrons. The van der Waals surface area contributed by atoms with Crippen LogP contribution in [0.4, 0.5) is 9.59 Å². The Balaban J connectivity index is 1.76. The Morgan fingerprint density at radius 2 is 1.48 bits per heavy atom. The Bertz CT molecular complexity index is 645. The second kappa shape index (κ2) is 9.11. The highest BCUT2D eigenvalue weighted by Gasteiger charge is 2.43. The molecule has 2 amide bonds. The van der Waals surface area contributed by atoms with Crippen LogP contribution in [0.1, 0.15) is 54.4 Å². The molecule has 9 nitrogen and oxygen atoms in total. The van der Waals surface area contributed by atoms with Gasteiger partial charge in [-0.1, -0.05) is 0 Å². The number of rotatable bonds is 2. The topological polar surface area (TPSA) is 91.8 Å². The lowest BCUT2D eigenvalue weighted by atomic mass is 9.91. The number of ether oxygens (including phenoxy) is 3. The molecule has 1 N–H and O–H groups in total. The number of carbonyl (C=O) groups is 2. The summed E-state index contributed by atoms with van der Waals surface area (Å²) in [7, 11) is 0. The van der Waals surface area contributed by atoms with Gasteiger partial charge in [0, 0.05) is 38.3 Å². The highest BCUT2D eigenvalue weighted by Crippen LogP contribution is 2.29. The van der Waals surface area contributed by atoms with Gasteiger partial charge < -0.3 is 29.1 Å². The first-order chi connectivity index (χ1) is 14.3.